The number of halogens is 1. The highest BCUT2D eigenvalue weighted by atomic mass is 79.9. The van der Waals surface area contributed by atoms with Crippen molar-refractivity contribution in [2.75, 3.05) is 11.9 Å². The van der Waals surface area contributed by atoms with Crippen LogP contribution in [0.1, 0.15) is 58.4 Å². The molecule has 9 nitrogen and oxygen atoms in total. The maximum Gasteiger partial charge on any atom is 0.407 e. The van der Waals surface area contributed by atoms with Gasteiger partial charge in [0.2, 0.25) is 5.91 Å². The number of alkyl carbamates (subject to hydrolysis) is 1. The number of hydrogen-bond acceptors (Lipinski definition) is 5. The molecule has 0 spiro atoms. The summed E-state index contributed by atoms with van der Waals surface area (Å²) in [4.78, 5) is 50.7. The van der Waals surface area contributed by atoms with Crippen molar-refractivity contribution in [1.29, 1.82) is 0 Å². The van der Waals surface area contributed by atoms with Crippen molar-refractivity contribution >= 4 is 50.3 Å². The highest BCUT2D eigenvalue weighted by molar-refractivity contribution is 9.10. The summed E-state index contributed by atoms with van der Waals surface area (Å²) in [7, 11) is 0. The molecule has 1 saturated carbocycles. The fourth-order valence-electron chi connectivity index (χ4n) is 5.21. The van der Waals surface area contributed by atoms with Gasteiger partial charge >= 0.3 is 6.09 Å². The normalized spacial score (nSPS) is 18.2. The number of aromatic amines is 2. The fourth-order valence-corrected chi connectivity index (χ4v) is 5.65. The summed E-state index contributed by atoms with van der Waals surface area (Å²) in [5.74, 6) is -0.488. The van der Waals surface area contributed by atoms with E-state index < -0.39 is 17.6 Å². The largest absolute Gasteiger partial charge is 0.444 e. The molecule has 0 saturated heterocycles. The molecule has 1 aliphatic rings. The molecule has 4 N–H and O–H groups in total. The van der Waals surface area contributed by atoms with Gasteiger partial charge < -0.3 is 15.4 Å². The summed E-state index contributed by atoms with van der Waals surface area (Å²) >= 11 is 3.49. The number of anilines is 1. The standard InChI is InChI=1S/C30H37BrN4O5/c1-30(2,3)40-29(39)32-17-18-7-9-20(10-8-18)26(36)15-21(13-19-5-4-6-22(31)14-19)27(37)33-23-11-12-24-25(16-23)34-35-28(24)38/h4-6,11-12,14,16,18,20-21H,7-10,13,15,17H2,1-3H3,(H,32,39)(H,33,37)(H2,34,35,38)/t18?,20?,21-/m1/s1. The number of hydrogen-bond donors (Lipinski definition) is 4. The van der Waals surface area contributed by atoms with Crippen LogP contribution in [-0.4, -0.2) is 40.1 Å². The van der Waals surface area contributed by atoms with Gasteiger partial charge in [0, 0.05) is 35.0 Å². The van der Waals surface area contributed by atoms with E-state index in [-0.39, 0.29) is 29.6 Å². The van der Waals surface area contributed by atoms with Crippen LogP contribution in [-0.2, 0) is 20.7 Å². The van der Waals surface area contributed by atoms with E-state index in [1.807, 2.05) is 45.0 Å². The number of carbonyl (C=O) groups excluding carboxylic acids is 3. The van der Waals surface area contributed by atoms with Crippen LogP contribution in [0.2, 0.25) is 0 Å². The maximum atomic E-state index is 13.5. The highest BCUT2D eigenvalue weighted by Crippen LogP contribution is 2.31. The van der Waals surface area contributed by atoms with Crippen molar-refractivity contribution in [1.82, 2.24) is 15.5 Å². The third-order valence-corrected chi connectivity index (χ3v) is 7.76. The summed E-state index contributed by atoms with van der Waals surface area (Å²) < 4.78 is 6.23. The minimum absolute atomic E-state index is 0.0964. The molecular weight excluding hydrogens is 576 g/mol. The average molecular weight is 614 g/mol. The third-order valence-electron chi connectivity index (χ3n) is 7.27. The van der Waals surface area contributed by atoms with E-state index in [0.717, 1.165) is 35.7 Å². The molecule has 0 aliphatic heterocycles. The van der Waals surface area contributed by atoms with Crippen LogP contribution < -0.4 is 16.2 Å². The number of ether oxygens (including phenoxy) is 1. The Balaban J connectivity index is 1.37. The Morgan fingerprint density at radius 3 is 2.50 bits per heavy atom. The molecule has 1 heterocycles. The first-order chi connectivity index (χ1) is 19.0. The molecule has 2 amide bonds. The van der Waals surface area contributed by atoms with Gasteiger partial charge in [0.25, 0.3) is 5.56 Å². The van der Waals surface area contributed by atoms with Crippen LogP contribution in [0.5, 0.6) is 0 Å². The summed E-state index contributed by atoms with van der Waals surface area (Å²) in [6, 6.07) is 12.8. The van der Waals surface area contributed by atoms with Crippen LogP contribution in [0, 0.1) is 17.8 Å². The number of benzene rings is 2. The monoisotopic (exact) mass is 612 g/mol. The molecule has 214 valence electrons. The smallest absolute Gasteiger partial charge is 0.407 e. The van der Waals surface area contributed by atoms with E-state index in [9.17, 15) is 19.2 Å². The molecular formula is C30H37BrN4O5. The molecule has 3 aromatic rings. The lowest BCUT2D eigenvalue weighted by Gasteiger charge is -2.29. The quantitative estimate of drug-likeness (QED) is 0.246. The molecule has 1 atom stereocenters. The van der Waals surface area contributed by atoms with E-state index in [2.05, 4.69) is 36.8 Å². The highest BCUT2D eigenvalue weighted by Gasteiger charge is 2.31. The van der Waals surface area contributed by atoms with Crippen LogP contribution in [0.15, 0.2) is 51.7 Å². The number of carbonyl (C=O) groups is 3. The Kier molecular flexibility index (Phi) is 9.50. The van der Waals surface area contributed by atoms with Crippen LogP contribution in [0.4, 0.5) is 10.5 Å². The molecule has 0 radical (unpaired) electrons. The van der Waals surface area contributed by atoms with Gasteiger partial charge in [0.05, 0.1) is 10.9 Å². The zero-order valence-corrected chi connectivity index (χ0v) is 24.7. The maximum absolute atomic E-state index is 13.5. The predicted octanol–water partition coefficient (Wildman–Crippen LogP) is 5.71. The van der Waals surface area contributed by atoms with Gasteiger partial charge in [-0.15, -0.1) is 0 Å². The zero-order valence-electron chi connectivity index (χ0n) is 23.1. The molecule has 10 heteroatoms. The molecule has 1 fully saturated rings. The second-order valence-electron chi connectivity index (χ2n) is 11.6. The number of aromatic nitrogens is 2. The summed E-state index contributed by atoms with van der Waals surface area (Å²) in [5.41, 5.74) is 1.35. The minimum atomic E-state index is -0.547. The van der Waals surface area contributed by atoms with Crippen molar-refractivity contribution in [2.24, 2.45) is 17.8 Å². The van der Waals surface area contributed by atoms with Gasteiger partial charge in [-0.1, -0.05) is 28.1 Å². The topological polar surface area (TPSA) is 133 Å². The second-order valence-corrected chi connectivity index (χ2v) is 12.5. The number of H-pyrrole nitrogens is 2. The fraction of sp³-hybridized carbons (Fsp3) is 0.467. The number of Topliss-reactive ketones (excluding diaryl/α,β-unsaturated/α-hetero) is 1. The van der Waals surface area contributed by atoms with E-state index in [0.29, 0.717) is 35.5 Å². The summed E-state index contributed by atoms with van der Waals surface area (Å²) in [5, 5.41) is 11.6. The van der Waals surface area contributed by atoms with E-state index >= 15 is 0 Å². The van der Waals surface area contributed by atoms with Gasteiger partial charge in [-0.3, -0.25) is 24.6 Å². The number of nitrogens with one attached hydrogen (secondary N) is 4. The number of fused-ring (bicyclic) bond motifs is 1. The first kappa shape index (κ1) is 29.6. The Hall–Kier alpha value is -3.40. The molecule has 4 rings (SSSR count). The van der Waals surface area contributed by atoms with E-state index in [1.54, 1.807) is 18.2 Å². The number of rotatable bonds is 9. The lowest BCUT2D eigenvalue weighted by molar-refractivity contribution is -0.129. The number of amides is 2. The summed E-state index contributed by atoms with van der Waals surface area (Å²) in [6.45, 7) is 6.02. The van der Waals surface area contributed by atoms with Gasteiger partial charge in [0.1, 0.15) is 11.4 Å². The van der Waals surface area contributed by atoms with Gasteiger partial charge in [0.15, 0.2) is 0 Å². The first-order valence-corrected chi connectivity index (χ1v) is 14.5. The Morgan fingerprint density at radius 1 is 1.05 bits per heavy atom. The molecule has 40 heavy (non-hydrogen) atoms. The van der Waals surface area contributed by atoms with Crippen molar-refractivity contribution in [2.45, 2.75) is 64.9 Å². The average Bonchev–Trinajstić information content (AvgIpc) is 3.26. The van der Waals surface area contributed by atoms with Crippen LogP contribution in [0.25, 0.3) is 10.9 Å². The van der Waals surface area contributed by atoms with Crippen LogP contribution in [0.3, 0.4) is 0 Å². The SMILES string of the molecule is CC(C)(C)OC(=O)NCC1CCC(C(=O)C[C@@H](Cc2cccc(Br)c2)C(=O)Nc2ccc3c(=O)[nH][nH]c3c2)CC1. The lowest BCUT2D eigenvalue weighted by atomic mass is 9.77. The Bertz CT molecular complexity index is 1420. The molecule has 1 aliphatic carbocycles. The van der Waals surface area contributed by atoms with Crippen molar-refractivity contribution in [3.63, 3.8) is 0 Å². The molecule has 0 bridgehead atoms. The third kappa shape index (κ3) is 8.30. The van der Waals surface area contributed by atoms with Crippen LogP contribution >= 0.6 is 15.9 Å². The summed E-state index contributed by atoms with van der Waals surface area (Å²) in [6.07, 6.45) is 3.30. The lowest BCUT2D eigenvalue weighted by Crippen LogP contribution is -2.37. The van der Waals surface area contributed by atoms with E-state index in [1.165, 1.54) is 0 Å². The first-order valence-electron chi connectivity index (χ1n) is 13.7. The second kappa shape index (κ2) is 12.8. The van der Waals surface area contributed by atoms with Gasteiger partial charge in [-0.25, -0.2) is 4.79 Å². The predicted molar refractivity (Wildman–Crippen MR) is 158 cm³/mol. The molecule has 1 aromatic heterocycles. The van der Waals surface area contributed by atoms with Crippen molar-refractivity contribution in [3.05, 3.63) is 62.9 Å². The van der Waals surface area contributed by atoms with Crippen molar-refractivity contribution < 1.29 is 19.1 Å². The van der Waals surface area contributed by atoms with Gasteiger partial charge in [-0.2, -0.15) is 0 Å². The zero-order chi connectivity index (χ0) is 28.9. The van der Waals surface area contributed by atoms with E-state index in [4.69, 9.17) is 4.74 Å². The Labute approximate surface area is 241 Å². The van der Waals surface area contributed by atoms with Crippen molar-refractivity contribution in [3.8, 4) is 0 Å². The molecule has 2 aromatic carbocycles. The van der Waals surface area contributed by atoms with Gasteiger partial charge in [-0.05, 0) is 94.7 Å². The number of ketones is 1. The molecule has 0 unspecified atom stereocenters. The Morgan fingerprint density at radius 2 is 1.80 bits per heavy atom. The minimum Gasteiger partial charge on any atom is -0.444 e.